The molecule has 26 heavy (non-hydrogen) atoms. The first-order chi connectivity index (χ1) is 12.6. The fourth-order valence-electron chi connectivity index (χ4n) is 3.10. The summed E-state index contributed by atoms with van der Waals surface area (Å²) in [7, 11) is 2.09. The molecular formula is C19H19ClN4O2. The maximum Gasteiger partial charge on any atom is 0.262 e. The molecule has 1 aromatic heterocycles. The summed E-state index contributed by atoms with van der Waals surface area (Å²) >= 11 is 5.83. The highest BCUT2D eigenvalue weighted by Gasteiger charge is 2.17. The van der Waals surface area contributed by atoms with Gasteiger partial charge in [-0.2, -0.15) is 0 Å². The van der Waals surface area contributed by atoms with Crippen molar-refractivity contribution in [1.29, 1.82) is 0 Å². The number of anilines is 1. The summed E-state index contributed by atoms with van der Waals surface area (Å²) in [5.41, 5.74) is 2.71. The SMILES string of the molecule is CN1CCn2c(nc3cc(NC(=O)COc4ccc(Cl)cc4)ccc32)C1. The van der Waals surface area contributed by atoms with Gasteiger partial charge in [0.05, 0.1) is 17.6 Å². The lowest BCUT2D eigenvalue weighted by Gasteiger charge is -2.23. The average molecular weight is 371 g/mol. The molecule has 0 bridgehead atoms. The summed E-state index contributed by atoms with van der Waals surface area (Å²) in [6.45, 7) is 2.72. The van der Waals surface area contributed by atoms with Gasteiger partial charge in [-0.1, -0.05) is 11.6 Å². The monoisotopic (exact) mass is 370 g/mol. The van der Waals surface area contributed by atoms with Crippen LogP contribution in [0.5, 0.6) is 5.75 Å². The van der Waals surface area contributed by atoms with E-state index in [2.05, 4.69) is 21.8 Å². The number of benzene rings is 2. The van der Waals surface area contributed by atoms with Gasteiger partial charge in [-0.05, 0) is 49.5 Å². The molecule has 1 aliphatic heterocycles. The minimum absolute atomic E-state index is 0.0653. The van der Waals surface area contributed by atoms with Crippen molar-refractivity contribution in [3.63, 3.8) is 0 Å². The molecule has 2 heterocycles. The lowest BCUT2D eigenvalue weighted by atomic mass is 10.2. The molecule has 134 valence electrons. The van der Waals surface area contributed by atoms with Crippen molar-refractivity contribution in [2.24, 2.45) is 0 Å². The highest BCUT2D eigenvalue weighted by Crippen LogP contribution is 2.23. The number of ether oxygens (including phenoxy) is 1. The van der Waals surface area contributed by atoms with Crippen LogP contribution in [0, 0.1) is 0 Å². The number of halogens is 1. The second-order valence-electron chi connectivity index (χ2n) is 6.41. The molecule has 1 aliphatic rings. The molecule has 0 aliphatic carbocycles. The highest BCUT2D eigenvalue weighted by molar-refractivity contribution is 6.30. The number of likely N-dealkylation sites (N-methyl/N-ethyl adjacent to an activating group) is 1. The van der Waals surface area contributed by atoms with Crippen LogP contribution < -0.4 is 10.1 Å². The third-order valence-electron chi connectivity index (χ3n) is 4.41. The molecule has 4 rings (SSSR count). The number of nitrogens with one attached hydrogen (secondary N) is 1. The molecule has 7 heteroatoms. The summed E-state index contributed by atoms with van der Waals surface area (Å²) < 4.78 is 7.71. The number of carbonyl (C=O) groups is 1. The van der Waals surface area contributed by atoms with Gasteiger partial charge in [0.15, 0.2) is 6.61 Å². The summed E-state index contributed by atoms with van der Waals surface area (Å²) in [6, 6.07) is 12.7. The number of imidazole rings is 1. The number of rotatable bonds is 4. The van der Waals surface area contributed by atoms with E-state index in [0.29, 0.717) is 16.5 Å². The first-order valence-corrected chi connectivity index (χ1v) is 8.82. The van der Waals surface area contributed by atoms with Crippen LogP contribution in [0.1, 0.15) is 5.82 Å². The third kappa shape index (κ3) is 3.52. The Balaban J connectivity index is 1.43. The van der Waals surface area contributed by atoms with E-state index in [9.17, 15) is 4.79 Å². The summed E-state index contributed by atoms with van der Waals surface area (Å²) in [6.07, 6.45) is 0. The van der Waals surface area contributed by atoms with Crippen molar-refractivity contribution >= 4 is 34.2 Å². The van der Waals surface area contributed by atoms with E-state index in [1.807, 2.05) is 18.2 Å². The van der Waals surface area contributed by atoms with Gasteiger partial charge in [-0.25, -0.2) is 4.98 Å². The fraction of sp³-hybridized carbons (Fsp3) is 0.263. The number of amides is 1. The Morgan fingerprint density at radius 2 is 2.04 bits per heavy atom. The maximum absolute atomic E-state index is 12.1. The largest absolute Gasteiger partial charge is 0.484 e. The van der Waals surface area contributed by atoms with Crippen LogP contribution in [0.25, 0.3) is 11.0 Å². The van der Waals surface area contributed by atoms with Crippen LogP contribution in [0.4, 0.5) is 5.69 Å². The quantitative estimate of drug-likeness (QED) is 0.766. The summed E-state index contributed by atoms with van der Waals surface area (Å²) in [5, 5.41) is 3.48. The van der Waals surface area contributed by atoms with Crippen LogP contribution in [-0.4, -0.2) is 40.6 Å². The van der Waals surface area contributed by atoms with Crippen molar-refractivity contribution < 1.29 is 9.53 Å². The first kappa shape index (κ1) is 16.9. The van der Waals surface area contributed by atoms with Crippen LogP contribution in [0.3, 0.4) is 0 Å². The molecule has 1 N–H and O–H groups in total. The Hall–Kier alpha value is -2.57. The maximum atomic E-state index is 12.1. The van der Waals surface area contributed by atoms with Gasteiger partial charge >= 0.3 is 0 Å². The van der Waals surface area contributed by atoms with E-state index < -0.39 is 0 Å². The van der Waals surface area contributed by atoms with E-state index in [4.69, 9.17) is 21.3 Å². The highest BCUT2D eigenvalue weighted by atomic mass is 35.5. The molecule has 0 saturated heterocycles. The molecule has 6 nitrogen and oxygen atoms in total. The van der Waals surface area contributed by atoms with Gasteiger partial charge in [-0.15, -0.1) is 0 Å². The number of nitrogens with zero attached hydrogens (tertiary/aromatic N) is 3. The van der Waals surface area contributed by atoms with Crippen LogP contribution in [-0.2, 0) is 17.9 Å². The summed E-state index contributed by atoms with van der Waals surface area (Å²) in [5.74, 6) is 1.44. The predicted octanol–water partition coefficient (Wildman–Crippen LogP) is 3.15. The van der Waals surface area contributed by atoms with Crippen molar-refractivity contribution in [1.82, 2.24) is 14.5 Å². The molecule has 0 unspecified atom stereocenters. The van der Waals surface area contributed by atoms with Crippen LogP contribution in [0.15, 0.2) is 42.5 Å². The molecule has 0 saturated carbocycles. The number of fused-ring (bicyclic) bond motifs is 3. The van der Waals surface area contributed by atoms with Crippen LogP contribution in [0.2, 0.25) is 5.02 Å². The number of hydrogen-bond acceptors (Lipinski definition) is 4. The zero-order chi connectivity index (χ0) is 18.1. The first-order valence-electron chi connectivity index (χ1n) is 8.44. The Labute approximate surface area is 156 Å². The molecule has 2 aromatic carbocycles. The van der Waals surface area contributed by atoms with Crippen molar-refractivity contribution in [2.45, 2.75) is 13.1 Å². The topological polar surface area (TPSA) is 59.4 Å². The van der Waals surface area contributed by atoms with E-state index >= 15 is 0 Å². The zero-order valence-electron chi connectivity index (χ0n) is 14.4. The molecule has 1 amide bonds. The van der Waals surface area contributed by atoms with E-state index in [1.165, 1.54) is 0 Å². The summed E-state index contributed by atoms with van der Waals surface area (Å²) in [4.78, 5) is 19.1. The zero-order valence-corrected chi connectivity index (χ0v) is 15.2. The smallest absolute Gasteiger partial charge is 0.262 e. The lowest BCUT2D eigenvalue weighted by Crippen LogP contribution is -2.30. The third-order valence-corrected chi connectivity index (χ3v) is 4.66. The Morgan fingerprint density at radius 3 is 2.85 bits per heavy atom. The van der Waals surface area contributed by atoms with Gasteiger partial charge < -0.3 is 14.6 Å². The van der Waals surface area contributed by atoms with Crippen LogP contribution >= 0.6 is 11.6 Å². The van der Waals surface area contributed by atoms with E-state index in [0.717, 1.165) is 36.5 Å². The molecule has 0 atom stereocenters. The fourth-order valence-corrected chi connectivity index (χ4v) is 3.22. The number of aromatic nitrogens is 2. The molecule has 0 spiro atoms. The van der Waals surface area contributed by atoms with Crippen molar-refractivity contribution in [2.75, 3.05) is 25.5 Å². The standard InChI is InChI=1S/C19H19ClN4O2/c1-23-8-9-24-17-7-4-14(10-16(17)22-18(24)11-23)21-19(25)12-26-15-5-2-13(20)3-6-15/h2-7,10H,8-9,11-12H2,1H3,(H,21,25). The van der Waals surface area contributed by atoms with E-state index in [1.54, 1.807) is 24.3 Å². The Kier molecular flexibility index (Phi) is 4.53. The molecule has 0 radical (unpaired) electrons. The number of carbonyl (C=O) groups excluding carboxylic acids is 1. The molecule has 3 aromatic rings. The van der Waals surface area contributed by atoms with Crippen molar-refractivity contribution in [3.8, 4) is 5.75 Å². The van der Waals surface area contributed by atoms with Gasteiger partial charge in [0.2, 0.25) is 0 Å². The second kappa shape index (κ2) is 6.97. The molecule has 0 fully saturated rings. The normalized spacial score (nSPS) is 14.2. The minimum atomic E-state index is -0.219. The van der Waals surface area contributed by atoms with Gasteiger partial charge in [-0.3, -0.25) is 9.69 Å². The minimum Gasteiger partial charge on any atom is -0.484 e. The van der Waals surface area contributed by atoms with Crippen molar-refractivity contribution in [3.05, 3.63) is 53.3 Å². The Bertz CT molecular complexity index is 952. The van der Waals surface area contributed by atoms with Gasteiger partial charge in [0.25, 0.3) is 5.91 Å². The second-order valence-corrected chi connectivity index (χ2v) is 6.85. The van der Waals surface area contributed by atoms with Gasteiger partial charge in [0, 0.05) is 23.8 Å². The molecular weight excluding hydrogens is 352 g/mol. The Morgan fingerprint density at radius 1 is 1.23 bits per heavy atom. The predicted molar refractivity (Wildman–Crippen MR) is 102 cm³/mol. The van der Waals surface area contributed by atoms with E-state index in [-0.39, 0.29) is 12.5 Å². The average Bonchev–Trinajstić information content (AvgIpc) is 2.97. The van der Waals surface area contributed by atoms with Gasteiger partial charge in [0.1, 0.15) is 11.6 Å². The lowest BCUT2D eigenvalue weighted by molar-refractivity contribution is -0.118. The number of hydrogen-bond donors (Lipinski definition) is 1.